The highest BCUT2D eigenvalue weighted by atomic mass is 32.1. The number of thiophene rings is 1. The lowest BCUT2D eigenvalue weighted by Gasteiger charge is -2.13. The molecule has 0 unspecified atom stereocenters. The van der Waals surface area contributed by atoms with Crippen LogP contribution in [0.4, 0.5) is 10.7 Å². The van der Waals surface area contributed by atoms with Gasteiger partial charge in [0.2, 0.25) is 0 Å². The quantitative estimate of drug-likeness (QED) is 0.780. The molecule has 1 amide bonds. The minimum absolute atomic E-state index is 0.0311. The lowest BCUT2D eigenvalue weighted by molar-refractivity contribution is 0.0960. The maximum Gasteiger partial charge on any atom is 0.263 e. The minimum Gasteiger partial charge on any atom is -0.397 e. The molecular weight excluding hydrogens is 270 g/mol. The fraction of sp³-hybridized carbons (Fsp3) is 0.667. The van der Waals surface area contributed by atoms with Gasteiger partial charge < -0.3 is 16.4 Å². The van der Waals surface area contributed by atoms with Crippen LogP contribution in [0.15, 0.2) is 0 Å². The Kier molecular flexibility index (Phi) is 3.87. The molecule has 4 nitrogen and oxygen atoms in total. The van der Waals surface area contributed by atoms with Crippen LogP contribution in [0, 0.1) is 0 Å². The van der Waals surface area contributed by atoms with E-state index in [0.29, 0.717) is 29.1 Å². The first-order chi connectivity index (χ1) is 9.70. The van der Waals surface area contributed by atoms with Crippen molar-refractivity contribution >= 4 is 27.9 Å². The predicted octanol–water partition coefficient (Wildman–Crippen LogP) is 3.31. The molecule has 0 spiro atoms. The van der Waals surface area contributed by atoms with Gasteiger partial charge in [0.25, 0.3) is 5.91 Å². The third kappa shape index (κ3) is 2.64. The number of anilines is 2. The van der Waals surface area contributed by atoms with Gasteiger partial charge in [0.05, 0.1) is 10.7 Å². The maximum atomic E-state index is 12.1. The van der Waals surface area contributed by atoms with Crippen molar-refractivity contribution in [2.45, 2.75) is 57.4 Å². The van der Waals surface area contributed by atoms with Crippen LogP contribution in [0.2, 0.25) is 0 Å². The fourth-order valence-corrected chi connectivity index (χ4v) is 4.21. The summed E-state index contributed by atoms with van der Waals surface area (Å²) in [6, 6.07) is 0.563. The molecule has 0 bridgehead atoms. The van der Waals surface area contributed by atoms with E-state index < -0.39 is 0 Å². The molecule has 1 aromatic rings. The van der Waals surface area contributed by atoms with Gasteiger partial charge in [0.1, 0.15) is 4.88 Å². The van der Waals surface area contributed by atoms with E-state index in [1.807, 2.05) is 6.92 Å². The Balaban J connectivity index is 1.87. The summed E-state index contributed by atoms with van der Waals surface area (Å²) in [6.45, 7) is 2.57. The predicted molar refractivity (Wildman–Crippen MR) is 84.6 cm³/mol. The van der Waals surface area contributed by atoms with E-state index in [1.165, 1.54) is 44.1 Å². The first kappa shape index (κ1) is 13.7. The zero-order chi connectivity index (χ0) is 14.1. The van der Waals surface area contributed by atoms with Crippen LogP contribution in [0.25, 0.3) is 0 Å². The van der Waals surface area contributed by atoms with E-state index in [-0.39, 0.29) is 5.91 Å². The number of rotatable bonds is 5. The lowest BCUT2D eigenvalue weighted by atomic mass is 10.1. The van der Waals surface area contributed by atoms with Crippen molar-refractivity contribution in [2.75, 3.05) is 17.6 Å². The molecule has 0 atom stereocenters. The number of carbonyl (C=O) groups is 1. The first-order valence-electron chi connectivity index (χ1n) is 7.67. The van der Waals surface area contributed by atoms with Crippen LogP contribution < -0.4 is 16.4 Å². The molecule has 2 saturated carbocycles. The molecule has 2 aliphatic rings. The first-order valence-corrected chi connectivity index (χ1v) is 8.49. The highest BCUT2D eigenvalue weighted by Gasteiger charge is 2.33. The molecule has 0 radical (unpaired) electrons. The van der Waals surface area contributed by atoms with Crippen LogP contribution >= 0.6 is 11.3 Å². The molecule has 5 heteroatoms. The smallest absolute Gasteiger partial charge is 0.263 e. The van der Waals surface area contributed by atoms with Gasteiger partial charge in [-0.15, -0.1) is 11.3 Å². The van der Waals surface area contributed by atoms with Crippen molar-refractivity contribution in [3.05, 3.63) is 10.4 Å². The van der Waals surface area contributed by atoms with Gasteiger partial charge >= 0.3 is 0 Å². The summed E-state index contributed by atoms with van der Waals surface area (Å²) in [5.41, 5.74) is 8.18. The van der Waals surface area contributed by atoms with E-state index >= 15 is 0 Å². The summed E-state index contributed by atoms with van der Waals surface area (Å²) in [7, 11) is 0. The fourth-order valence-electron chi connectivity index (χ4n) is 3.01. The molecule has 2 aliphatic carbocycles. The van der Waals surface area contributed by atoms with Gasteiger partial charge in [-0.2, -0.15) is 0 Å². The largest absolute Gasteiger partial charge is 0.397 e. The molecule has 0 aliphatic heterocycles. The van der Waals surface area contributed by atoms with E-state index in [0.717, 1.165) is 5.00 Å². The van der Waals surface area contributed by atoms with E-state index in [1.54, 1.807) is 11.3 Å². The van der Waals surface area contributed by atoms with Crippen LogP contribution in [-0.2, 0) is 0 Å². The Labute approximate surface area is 124 Å². The van der Waals surface area contributed by atoms with Crippen molar-refractivity contribution in [1.82, 2.24) is 5.32 Å². The van der Waals surface area contributed by atoms with Gasteiger partial charge in [0.15, 0.2) is 0 Å². The van der Waals surface area contributed by atoms with Gasteiger partial charge in [-0.05, 0) is 38.5 Å². The molecule has 1 aromatic heterocycles. The Morgan fingerprint density at radius 1 is 1.30 bits per heavy atom. The second-order valence-electron chi connectivity index (χ2n) is 5.85. The Morgan fingerprint density at radius 3 is 2.60 bits per heavy atom. The van der Waals surface area contributed by atoms with Crippen LogP contribution in [0.1, 0.15) is 66.6 Å². The van der Waals surface area contributed by atoms with Crippen molar-refractivity contribution in [2.24, 2.45) is 0 Å². The zero-order valence-corrected chi connectivity index (χ0v) is 12.8. The standard InChI is InChI=1S/C15H23N3OS/c1-2-17-14(19)13-12(16)11(9-7-8-9)15(20-13)18-10-5-3-4-6-10/h9-10,18H,2-8,16H2,1H3,(H,17,19). The second kappa shape index (κ2) is 5.64. The average Bonchev–Trinajstić information content (AvgIpc) is 3.01. The van der Waals surface area contributed by atoms with Crippen LogP contribution in [-0.4, -0.2) is 18.5 Å². The summed E-state index contributed by atoms with van der Waals surface area (Å²) in [6.07, 6.45) is 7.49. The topological polar surface area (TPSA) is 67.2 Å². The van der Waals surface area contributed by atoms with Crippen LogP contribution in [0.3, 0.4) is 0 Å². The van der Waals surface area contributed by atoms with E-state index in [2.05, 4.69) is 10.6 Å². The van der Waals surface area contributed by atoms with E-state index in [9.17, 15) is 4.79 Å². The number of nitrogens with one attached hydrogen (secondary N) is 2. The van der Waals surface area contributed by atoms with Crippen molar-refractivity contribution in [3.8, 4) is 0 Å². The highest BCUT2D eigenvalue weighted by Crippen LogP contribution is 2.51. The van der Waals surface area contributed by atoms with Gasteiger partial charge in [-0.1, -0.05) is 12.8 Å². The van der Waals surface area contributed by atoms with Crippen molar-refractivity contribution in [3.63, 3.8) is 0 Å². The molecule has 0 saturated heterocycles. The summed E-state index contributed by atoms with van der Waals surface area (Å²) in [5.74, 6) is 0.537. The maximum absolute atomic E-state index is 12.1. The van der Waals surface area contributed by atoms with Gasteiger partial charge in [-0.25, -0.2) is 0 Å². The molecule has 110 valence electrons. The van der Waals surface area contributed by atoms with Gasteiger partial charge in [0, 0.05) is 18.2 Å². The van der Waals surface area contributed by atoms with Gasteiger partial charge in [-0.3, -0.25) is 4.79 Å². The third-order valence-electron chi connectivity index (χ3n) is 4.20. The molecular formula is C15H23N3OS. The number of hydrogen-bond donors (Lipinski definition) is 3. The monoisotopic (exact) mass is 293 g/mol. The molecule has 1 heterocycles. The van der Waals surface area contributed by atoms with E-state index in [4.69, 9.17) is 5.73 Å². The number of nitrogens with two attached hydrogens (primary N) is 1. The molecule has 3 rings (SSSR count). The Hall–Kier alpha value is -1.23. The Morgan fingerprint density at radius 2 is 2.00 bits per heavy atom. The summed E-state index contributed by atoms with van der Waals surface area (Å²) in [5, 5.41) is 7.66. The number of nitrogen functional groups attached to an aromatic ring is 1. The minimum atomic E-state index is -0.0311. The molecule has 0 aromatic carbocycles. The number of hydrogen-bond acceptors (Lipinski definition) is 4. The van der Waals surface area contributed by atoms with Crippen LogP contribution in [0.5, 0.6) is 0 Å². The highest BCUT2D eigenvalue weighted by molar-refractivity contribution is 7.18. The zero-order valence-electron chi connectivity index (χ0n) is 12.0. The Bertz CT molecular complexity index is 501. The summed E-state index contributed by atoms with van der Waals surface area (Å²) in [4.78, 5) is 12.8. The van der Waals surface area contributed by atoms with Crippen molar-refractivity contribution in [1.29, 1.82) is 0 Å². The normalized spacial score (nSPS) is 19.2. The summed E-state index contributed by atoms with van der Waals surface area (Å²) >= 11 is 1.54. The molecule has 4 N–H and O–H groups in total. The molecule has 2 fully saturated rings. The average molecular weight is 293 g/mol. The second-order valence-corrected chi connectivity index (χ2v) is 6.87. The number of amides is 1. The number of carbonyl (C=O) groups excluding carboxylic acids is 1. The molecule has 20 heavy (non-hydrogen) atoms. The SMILES string of the molecule is CCNC(=O)c1sc(NC2CCCC2)c(C2CC2)c1N. The lowest BCUT2D eigenvalue weighted by Crippen LogP contribution is -2.22. The third-order valence-corrected chi connectivity index (χ3v) is 5.35. The van der Waals surface area contributed by atoms with Crippen molar-refractivity contribution < 1.29 is 4.79 Å². The summed E-state index contributed by atoms with van der Waals surface area (Å²) < 4.78 is 0.